The molecule has 2 rings (SSSR count). The van der Waals surface area contributed by atoms with Crippen molar-refractivity contribution in [3.8, 4) is 0 Å². The summed E-state index contributed by atoms with van der Waals surface area (Å²) in [6.07, 6.45) is 1.20. The lowest BCUT2D eigenvalue weighted by molar-refractivity contribution is -0.140. The zero-order valence-corrected chi connectivity index (χ0v) is 17.7. The molecule has 0 amide bonds. The molecule has 0 unspecified atom stereocenters. The first-order chi connectivity index (χ1) is 14.8. The molecule has 1 heterocycles. The molecule has 0 spiro atoms. The van der Waals surface area contributed by atoms with E-state index in [1.807, 2.05) is 30.3 Å². The number of aliphatic hydroxyl groups excluding tert-OH is 1. The third-order valence-corrected chi connectivity index (χ3v) is 4.96. The first-order valence-corrected chi connectivity index (χ1v) is 9.62. The summed E-state index contributed by atoms with van der Waals surface area (Å²) >= 11 is 0. The second kappa shape index (κ2) is 11.2. The monoisotopic (exact) mass is 416 g/mol. The van der Waals surface area contributed by atoms with Gasteiger partial charge in [0.1, 0.15) is 6.10 Å². The molecule has 2 N–H and O–H groups in total. The van der Waals surface area contributed by atoms with E-state index >= 15 is 0 Å². The zero-order valence-electron chi connectivity index (χ0n) is 18.7. The van der Waals surface area contributed by atoms with Crippen LogP contribution in [0.4, 0.5) is 0 Å². The fourth-order valence-electron chi connectivity index (χ4n) is 2.93. The quantitative estimate of drug-likeness (QED) is 0.350. The van der Waals surface area contributed by atoms with Gasteiger partial charge in [-0.15, -0.1) is 0 Å². The Bertz CT molecular complexity index is 913. The van der Waals surface area contributed by atoms with E-state index in [1.165, 1.54) is 19.2 Å². The number of benzene rings is 1. The standard InChI is InChI=1S/C22H29N3O5/c1-15(22(28)16-8-6-5-7-9-16)25(2)24-14-19-18(12-21(27)30-4)17(13-23-19)10-11-20(26)29-3/h5-9,13-15,22-23,28H,10-12H2,1-4H3/b24-14+/t15-,22-/m0/s1/i14D. The van der Waals surface area contributed by atoms with Crippen molar-refractivity contribution in [2.75, 3.05) is 21.3 Å². The van der Waals surface area contributed by atoms with Crippen molar-refractivity contribution in [2.45, 2.75) is 38.3 Å². The molecule has 1 aromatic carbocycles. The van der Waals surface area contributed by atoms with E-state index in [-0.39, 0.29) is 25.0 Å². The molecule has 162 valence electrons. The van der Waals surface area contributed by atoms with Gasteiger partial charge in [0.25, 0.3) is 0 Å². The van der Waals surface area contributed by atoms with Crippen LogP contribution in [0, 0.1) is 0 Å². The van der Waals surface area contributed by atoms with Crippen LogP contribution in [-0.4, -0.2) is 60.5 Å². The van der Waals surface area contributed by atoms with Crippen molar-refractivity contribution >= 4 is 18.1 Å². The molecular weight excluding hydrogens is 386 g/mol. The van der Waals surface area contributed by atoms with Crippen molar-refractivity contribution in [1.82, 2.24) is 9.99 Å². The Kier molecular flexibility index (Phi) is 8.02. The minimum Gasteiger partial charge on any atom is -0.469 e. The van der Waals surface area contributed by atoms with Gasteiger partial charge in [-0.2, -0.15) is 5.10 Å². The van der Waals surface area contributed by atoms with E-state index in [9.17, 15) is 14.7 Å². The Labute approximate surface area is 177 Å². The number of hydrogen-bond donors (Lipinski definition) is 2. The lowest BCUT2D eigenvalue weighted by atomic mass is 10.0. The van der Waals surface area contributed by atoms with E-state index in [0.717, 1.165) is 5.56 Å². The number of H-pyrrole nitrogens is 1. The molecular formula is C22H29N3O5. The summed E-state index contributed by atoms with van der Waals surface area (Å²) in [4.78, 5) is 26.4. The number of likely N-dealkylation sites (N-methyl/N-ethyl adjacent to an activating group) is 1. The number of aromatic nitrogens is 1. The first-order valence-electron chi connectivity index (χ1n) is 10.1. The summed E-state index contributed by atoms with van der Waals surface area (Å²) in [7, 11) is 4.28. The van der Waals surface area contributed by atoms with Gasteiger partial charge in [0, 0.05) is 19.7 Å². The van der Waals surface area contributed by atoms with Gasteiger partial charge >= 0.3 is 11.9 Å². The minimum absolute atomic E-state index is 0.0599. The number of nitrogens with one attached hydrogen (secondary N) is 1. The molecule has 0 saturated carbocycles. The van der Waals surface area contributed by atoms with E-state index in [4.69, 9.17) is 6.11 Å². The van der Waals surface area contributed by atoms with Crippen LogP contribution in [0.3, 0.4) is 0 Å². The van der Waals surface area contributed by atoms with Crippen molar-refractivity contribution in [3.63, 3.8) is 0 Å². The largest absolute Gasteiger partial charge is 0.469 e. The fraction of sp³-hybridized carbons (Fsp3) is 0.409. The number of hydrazone groups is 1. The Balaban J connectivity index is 2.26. The highest BCUT2D eigenvalue weighted by molar-refractivity contribution is 5.84. The van der Waals surface area contributed by atoms with Gasteiger partial charge in [-0.3, -0.25) is 14.6 Å². The van der Waals surface area contributed by atoms with Crippen LogP contribution >= 0.6 is 0 Å². The number of aromatic amines is 1. The highest BCUT2D eigenvalue weighted by Gasteiger charge is 2.20. The average Bonchev–Trinajstić information content (AvgIpc) is 3.18. The predicted octanol–water partition coefficient (Wildman–Crippen LogP) is 2.22. The number of nitrogens with zero attached hydrogens (tertiary/aromatic N) is 2. The third-order valence-electron chi connectivity index (χ3n) is 4.96. The van der Waals surface area contributed by atoms with Crippen LogP contribution in [0.1, 0.15) is 43.2 Å². The summed E-state index contributed by atoms with van der Waals surface area (Å²) in [6, 6.07) is 8.81. The molecule has 0 radical (unpaired) electrons. The Morgan fingerprint density at radius 1 is 1.27 bits per heavy atom. The van der Waals surface area contributed by atoms with Crippen LogP contribution in [-0.2, 0) is 31.9 Å². The van der Waals surface area contributed by atoms with Gasteiger partial charge in [0.15, 0.2) is 0 Å². The maximum absolute atomic E-state index is 11.9. The van der Waals surface area contributed by atoms with E-state index in [2.05, 4.69) is 14.8 Å². The Hall–Kier alpha value is -3.13. The first kappa shape index (κ1) is 21.6. The summed E-state index contributed by atoms with van der Waals surface area (Å²) in [5.41, 5.74) is 2.37. The third kappa shape index (κ3) is 6.18. The number of aliphatic hydroxyl groups is 1. The van der Waals surface area contributed by atoms with Gasteiger partial charge < -0.3 is 19.6 Å². The maximum Gasteiger partial charge on any atom is 0.310 e. The molecule has 2 aromatic rings. The minimum atomic E-state index is -0.795. The summed E-state index contributed by atoms with van der Waals surface area (Å²) in [5, 5.41) is 16.4. The second-order valence-electron chi connectivity index (χ2n) is 6.88. The number of rotatable bonds is 10. The Morgan fingerprint density at radius 2 is 1.93 bits per heavy atom. The Morgan fingerprint density at radius 3 is 2.57 bits per heavy atom. The molecule has 8 heteroatoms. The molecule has 0 aliphatic heterocycles. The summed E-state index contributed by atoms with van der Waals surface area (Å²) in [5.74, 6) is -0.829. The molecule has 0 bridgehead atoms. The van der Waals surface area contributed by atoms with Gasteiger partial charge in [-0.05, 0) is 30.0 Å². The lowest BCUT2D eigenvalue weighted by Gasteiger charge is -2.26. The molecule has 1 aromatic heterocycles. The average molecular weight is 416 g/mol. The fourth-order valence-corrected chi connectivity index (χ4v) is 2.93. The number of methoxy groups -OCH3 is 2. The predicted molar refractivity (Wildman–Crippen MR) is 113 cm³/mol. The van der Waals surface area contributed by atoms with Gasteiger partial charge in [0.2, 0.25) is 0 Å². The number of aryl methyl sites for hydroxylation is 1. The molecule has 8 nitrogen and oxygen atoms in total. The SMILES string of the molecule is [2H]/C(=N\N(C)[C@@H](C)[C@H](O)c1ccccc1)c1[nH]cc(CCC(=O)OC)c1CC(=O)OC. The second-order valence-corrected chi connectivity index (χ2v) is 6.88. The maximum atomic E-state index is 11.9. The van der Waals surface area contributed by atoms with Crippen molar-refractivity contribution in [3.05, 3.63) is 58.9 Å². The summed E-state index contributed by atoms with van der Waals surface area (Å²) in [6.45, 7) is 1.81. The molecule has 0 aliphatic rings. The lowest BCUT2D eigenvalue weighted by Crippen LogP contribution is -2.30. The number of hydrogen-bond acceptors (Lipinski definition) is 7. The van der Waals surface area contributed by atoms with Gasteiger partial charge in [0.05, 0.1) is 39.9 Å². The van der Waals surface area contributed by atoms with Crippen LogP contribution in [0.15, 0.2) is 41.6 Å². The number of esters is 2. The van der Waals surface area contributed by atoms with Crippen molar-refractivity contribution in [2.24, 2.45) is 5.10 Å². The van der Waals surface area contributed by atoms with E-state index in [0.29, 0.717) is 23.2 Å². The highest BCUT2D eigenvalue weighted by Crippen LogP contribution is 2.21. The molecule has 0 aliphatic carbocycles. The highest BCUT2D eigenvalue weighted by atomic mass is 16.5. The number of carbonyl (C=O) groups is 2. The topological polar surface area (TPSA) is 104 Å². The van der Waals surface area contributed by atoms with Gasteiger partial charge in [-0.25, -0.2) is 0 Å². The summed E-state index contributed by atoms with van der Waals surface area (Å²) < 4.78 is 17.9. The number of ether oxygens (including phenoxy) is 2. The van der Waals surface area contributed by atoms with Crippen LogP contribution in [0.5, 0.6) is 0 Å². The van der Waals surface area contributed by atoms with Crippen molar-refractivity contribution in [1.29, 1.82) is 0 Å². The van der Waals surface area contributed by atoms with E-state index < -0.39 is 18.1 Å². The van der Waals surface area contributed by atoms with Gasteiger partial charge in [-0.1, -0.05) is 30.3 Å². The van der Waals surface area contributed by atoms with Crippen LogP contribution in [0.25, 0.3) is 0 Å². The smallest absolute Gasteiger partial charge is 0.310 e. The normalized spacial score (nSPS) is 13.9. The van der Waals surface area contributed by atoms with Crippen LogP contribution in [0.2, 0.25) is 0 Å². The molecule has 0 saturated heterocycles. The van der Waals surface area contributed by atoms with E-state index in [1.54, 1.807) is 20.2 Å². The molecule has 0 fully saturated rings. The molecule has 30 heavy (non-hydrogen) atoms. The van der Waals surface area contributed by atoms with Crippen LogP contribution < -0.4 is 0 Å². The number of carbonyl (C=O) groups excluding carboxylic acids is 2. The van der Waals surface area contributed by atoms with Crippen molar-refractivity contribution < 1.29 is 25.5 Å². The molecule has 2 atom stereocenters. The zero-order chi connectivity index (χ0) is 23.0.